The number of amides is 3. The van der Waals surface area contributed by atoms with Crippen molar-refractivity contribution in [1.82, 2.24) is 26.1 Å². The van der Waals surface area contributed by atoms with Gasteiger partial charge in [0.05, 0.1) is 6.04 Å². The average Bonchev–Trinajstić information content (AvgIpc) is 3.42. The Morgan fingerprint density at radius 1 is 1.31 bits per heavy atom. The maximum Gasteiger partial charge on any atom is 0.274 e. The van der Waals surface area contributed by atoms with Crippen molar-refractivity contribution in [1.29, 1.82) is 0 Å². The van der Waals surface area contributed by atoms with Gasteiger partial charge in [0.25, 0.3) is 5.91 Å². The lowest BCUT2D eigenvalue weighted by Gasteiger charge is -2.22. The predicted octanol–water partition coefficient (Wildman–Crippen LogP) is 1.09. The van der Waals surface area contributed by atoms with E-state index in [0.717, 1.165) is 0 Å². The molecule has 0 unspecified atom stereocenters. The fourth-order valence-electron chi connectivity index (χ4n) is 3.55. The van der Waals surface area contributed by atoms with Crippen LogP contribution in [-0.2, 0) is 14.4 Å². The molecule has 170 valence electrons. The number of carbonyl (C=O) groups is 4. The van der Waals surface area contributed by atoms with Gasteiger partial charge < -0.3 is 25.3 Å². The highest BCUT2D eigenvalue weighted by Gasteiger charge is 2.30. The van der Waals surface area contributed by atoms with Gasteiger partial charge in [-0.25, -0.2) is 0 Å². The minimum atomic E-state index is -0.877. The normalized spacial score (nSPS) is 17.5. The van der Waals surface area contributed by atoms with Crippen LogP contribution >= 0.6 is 0 Å². The molecule has 0 aliphatic carbocycles. The van der Waals surface area contributed by atoms with Crippen molar-refractivity contribution >= 4 is 24.0 Å². The van der Waals surface area contributed by atoms with Crippen LogP contribution in [0.2, 0.25) is 0 Å². The van der Waals surface area contributed by atoms with Crippen LogP contribution in [0.25, 0.3) is 11.5 Å². The van der Waals surface area contributed by atoms with Crippen molar-refractivity contribution < 1.29 is 23.7 Å². The first-order valence-electron chi connectivity index (χ1n) is 10.6. The molecule has 3 amide bonds. The topological polar surface area (TPSA) is 143 Å². The number of aldehydes is 1. The quantitative estimate of drug-likeness (QED) is 0.468. The second-order valence-corrected chi connectivity index (χ2v) is 8.21. The van der Waals surface area contributed by atoms with Crippen LogP contribution in [0.1, 0.15) is 43.6 Å². The van der Waals surface area contributed by atoms with E-state index in [4.69, 9.17) is 4.52 Å². The number of aromatic nitrogens is 2. The molecule has 32 heavy (non-hydrogen) atoms. The Morgan fingerprint density at radius 2 is 2.12 bits per heavy atom. The molecule has 1 fully saturated rings. The fraction of sp³-hybridized carbons (Fsp3) is 0.455. The minimum absolute atomic E-state index is 0.0155. The number of carbonyl (C=O) groups excluding carboxylic acids is 4. The first-order chi connectivity index (χ1) is 15.4. The Kier molecular flexibility index (Phi) is 7.69. The molecule has 0 spiro atoms. The van der Waals surface area contributed by atoms with Gasteiger partial charge in [-0.05, 0) is 37.3 Å². The van der Waals surface area contributed by atoms with Gasteiger partial charge in [0.2, 0.25) is 11.8 Å². The summed E-state index contributed by atoms with van der Waals surface area (Å²) in [6, 6.07) is 5.03. The second kappa shape index (κ2) is 10.7. The molecule has 0 radical (unpaired) electrons. The van der Waals surface area contributed by atoms with Crippen LogP contribution < -0.4 is 16.0 Å². The summed E-state index contributed by atoms with van der Waals surface area (Å²) in [6.07, 6.45) is 3.42. The van der Waals surface area contributed by atoms with E-state index < -0.39 is 23.9 Å². The molecular formula is C22H27N5O5. The van der Waals surface area contributed by atoms with Crippen LogP contribution in [0, 0.1) is 11.8 Å². The van der Waals surface area contributed by atoms with Gasteiger partial charge in [-0.3, -0.25) is 19.4 Å². The molecule has 3 rings (SSSR count). The zero-order valence-electron chi connectivity index (χ0n) is 18.0. The Balaban J connectivity index is 1.65. The van der Waals surface area contributed by atoms with Crippen LogP contribution in [0.15, 0.2) is 35.0 Å². The van der Waals surface area contributed by atoms with Crippen molar-refractivity contribution in [3.63, 3.8) is 0 Å². The molecule has 2 aromatic rings. The molecule has 2 aromatic heterocycles. The van der Waals surface area contributed by atoms with Crippen LogP contribution in [0.4, 0.5) is 0 Å². The van der Waals surface area contributed by atoms with Gasteiger partial charge in [-0.2, -0.15) is 0 Å². The molecule has 0 aromatic carbocycles. The van der Waals surface area contributed by atoms with E-state index in [9.17, 15) is 19.2 Å². The van der Waals surface area contributed by atoms with Crippen LogP contribution in [0.5, 0.6) is 0 Å². The van der Waals surface area contributed by atoms with Crippen molar-refractivity contribution in [2.45, 2.75) is 45.2 Å². The largest absolute Gasteiger partial charge is 0.356 e. The van der Waals surface area contributed by atoms with Crippen LogP contribution in [-0.4, -0.2) is 52.8 Å². The van der Waals surface area contributed by atoms with Crippen molar-refractivity contribution in [3.8, 4) is 11.5 Å². The van der Waals surface area contributed by atoms with Crippen molar-refractivity contribution in [3.05, 3.63) is 36.2 Å². The molecule has 1 aliphatic heterocycles. The Bertz CT molecular complexity index is 959. The molecular weight excluding hydrogens is 414 g/mol. The first kappa shape index (κ1) is 23.1. The number of pyridine rings is 1. The first-order valence-corrected chi connectivity index (χ1v) is 10.6. The molecule has 1 saturated heterocycles. The van der Waals surface area contributed by atoms with Gasteiger partial charge in [-0.1, -0.05) is 25.1 Å². The third-order valence-corrected chi connectivity index (χ3v) is 5.18. The van der Waals surface area contributed by atoms with E-state index in [-0.39, 0.29) is 29.9 Å². The lowest BCUT2D eigenvalue weighted by atomic mass is 9.98. The van der Waals surface area contributed by atoms with E-state index in [1.807, 2.05) is 13.8 Å². The van der Waals surface area contributed by atoms with E-state index in [0.29, 0.717) is 37.1 Å². The average molecular weight is 441 g/mol. The summed E-state index contributed by atoms with van der Waals surface area (Å²) in [5.41, 5.74) is 0.544. The zero-order valence-corrected chi connectivity index (χ0v) is 18.0. The van der Waals surface area contributed by atoms with E-state index in [1.54, 1.807) is 24.4 Å². The smallest absolute Gasteiger partial charge is 0.274 e. The van der Waals surface area contributed by atoms with Gasteiger partial charge >= 0.3 is 0 Å². The molecule has 0 bridgehead atoms. The number of rotatable bonds is 10. The van der Waals surface area contributed by atoms with E-state index in [1.165, 1.54) is 6.07 Å². The number of hydrogen-bond donors (Lipinski definition) is 3. The molecule has 3 N–H and O–H groups in total. The lowest BCUT2D eigenvalue weighted by molar-refractivity contribution is -0.127. The third-order valence-electron chi connectivity index (χ3n) is 5.18. The summed E-state index contributed by atoms with van der Waals surface area (Å²) in [5.74, 6) is -1.07. The Morgan fingerprint density at radius 3 is 2.75 bits per heavy atom. The molecule has 3 heterocycles. The van der Waals surface area contributed by atoms with Gasteiger partial charge in [-0.15, -0.1) is 0 Å². The van der Waals surface area contributed by atoms with E-state index in [2.05, 4.69) is 26.1 Å². The zero-order chi connectivity index (χ0) is 23.1. The lowest BCUT2D eigenvalue weighted by Crippen LogP contribution is -2.51. The highest BCUT2D eigenvalue weighted by molar-refractivity contribution is 5.97. The monoisotopic (exact) mass is 441 g/mol. The third kappa shape index (κ3) is 5.99. The minimum Gasteiger partial charge on any atom is -0.356 e. The van der Waals surface area contributed by atoms with Crippen molar-refractivity contribution in [2.24, 2.45) is 11.8 Å². The molecule has 10 nitrogen and oxygen atoms in total. The molecule has 10 heteroatoms. The van der Waals surface area contributed by atoms with E-state index >= 15 is 0 Å². The summed E-state index contributed by atoms with van der Waals surface area (Å²) in [4.78, 5) is 53.0. The Hall–Kier alpha value is -3.56. The van der Waals surface area contributed by atoms with Gasteiger partial charge in [0.15, 0.2) is 11.5 Å². The standard InChI is InChI=1S/C22H27N5O5/c1-13(2)9-17(21(30)25-15(12-28)10-14-6-8-24-20(14)29)26-22(31)18-11-19(32-27-18)16-5-3-4-7-23-16/h3-5,7,11-15,17H,6,8-10H2,1-2H3,(H,24,29)(H,25,30)(H,26,31)/t14-,15-,17-/m0/s1. The van der Waals surface area contributed by atoms with Crippen molar-refractivity contribution in [2.75, 3.05) is 6.54 Å². The predicted molar refractivity (Wildman–Crippen MR) is 114 cm³/mol. The summed E-state index contributed by atoms with van der Waals surface area (Å²) < 4.78 is 5.20. The molecule has 3 atom stereocenters. The maximum absolute atomic E-state index is 12.9. The summed E-state index contributed by atoms with van der Waals surface area (Å²) in [7, 11) is 0. The number of hydrogen-bond acceptors (Lipinski definition) is 7. The highest BCUT2D eigenvalue weighted by atomic mass is 16.5. The SMILES string of the molecule is CC(C)C[C@H](NC(=O)c1cc(-c2ccccn2)on1)C(=O)N[C@H](C=O)C[C@@H]1CCNC1=O. The number of nitrogens with one attached hydrogen (secondary N) is 3. The van der Waals surface area contributed by atoms with Crippen LogP contribution in [0.3, 0.4) is 0 Å². The van der Waals surface area contributed by atoms with Gasteiger partial charge in [0.1, 0.15) is 18.0 Å². The highest BCUT2D eigenvalue weighted by Crippen LogP contribution is 2.18. The molecule has 0 saturated carbocycles. The fourth-order valence-corrected chi connectivity index (χ4v) is 3.55. The summed E-state index contributed by atoms with van der Waals surface area (Å²) >= 11 is 0. The molecule has 1 aliphatic rings. The maximum atomic E-state index is 12.9. The Labute approximate surface area is 185 Å². The second-order valence-electron chi connectivity index (χ2n) is 8.21. The number of nitrogens with zero attached hydrogens (tertiary/aromatic N) is 2. The summed E-state index contributed by atoms with van der Waals surface area (Å²) in [6.45, 7) is 4.40. The van der Waals surface area contributed by atoms with Gasteiger partial charge in [0, 0.05) is 24.7 Å². The summed E-state index contributed by atoms with van der Waals surface area (Å²) in [5, 5.41) is 11.8.